The van der Waals surface area contributed by atoms with Crippen molar-refractivity contribution >= 4 is 33.0 Å². The van der Waals surface area contributed by atoms with Gasteiger partial charge < -0.3 is 18.9 Å². The highest BCUT2D eigenvalue weighted by Gasteiger charge is 2.35. The molecule has 0 saturated carbocycles. The smallest absolute Gasteiger partial charge is 0.274 e. The van der Waals surface area contributed by atoms with Crippen LogP contribution in [0, 0.1) is 5.82 Å². The van der Waals surface area contributed by atoms with Crippen LogP contribution in [0.15, 0.2) is 18.2 Å². The maximum atomic E-state index is 14.2. The van der Waals surface area contributed by atoms with Gasteiger partial charge in [-0.2, -0.15) is 0 Å². The molecule has 1 aromatic carbocycles. The summed E-state index contributed by atoms with van der Waals surface area (Å²) in [5, 5.41) is 0.649. The van der Waals surface area contributed by atoms with E-state index in [2.05, 4.69) is 33.9 Å². The van der Waals surface area contributed by atoms with Gasteiger partial charge in [0.25, 0.3) is 5.91 Å². The minimum atomic E-state index is -0.336. The standard InChI is InChI=1S/C24H35BrFN3O3/c1-5-32-23-20-15-18(26)10-11-21(20)28(13-6-7-14-31-4)22(23)24(30)29(17(2)3)19-9-8-12-27(25)16-19/h10-11,15,17,19H,5-9,12-14,16H2,1-4H3/t19-/m1/s1. The second kappa shape index (κ2) is 11.5. The predicted octanol–water partition coefficient (Wildman–Crippen LogP) is 5.23. The quantitative estimate of drug-likeness (QED) is 0.323. The van der Waals surface area contributed by atoms with E-state index in [1.54, 1.807) is 13.2 Å². The molecule has 0 aliphatic carbocycles. The first-order valence-corrected chi connectivity index (χ1v) is 12.3. The van der Waals surface area contributed by atoms with Gasteiger partial charge in [-0.25, -0.2) is 8.32 Å². The number of hydrogen-bond acceptors (Lipinski definition) is 4. The molecular weight excluding hydrogens is 477 g/mol. The minimum Gasteiger partial charge on any atom is -0.491 e. The first-order chi connectivity index (χ1) is 15.4. The van der Waals surface area contributed by atoms with E-state index in [1.165, 1.54) is 12.1 Å². The molecule has 1 saturated heterocycles. The van der Waals surface area contributed by atoms with Crippen LogP contribution in [0.5, 0.6) is 5.75 Å². The number of aromatic nitrogens is 1. The Labute approximate surface area is 199 Å². The Kier molecular flexibility index (Phi) is 8.96. The van der Waals surface area contributed by atoms with E-state index in [0.717, 1.165) is 44.3 Å². The number of piperidine rings is 1. The Morgan fingerprint density at radius 2 is 2.12 bits per heavy atom. The number of rotatable bonds is 10. The van der Waals surface area contributed by atoms with Gasteiger partial charge in [-0.3, -0.25) is 4.79 Å². The summed E-state index contributed by atoms with van der Waals surface area (Å²) in [4.78, 5) is 16.1. The summed E-state index contributed by atoms with van der Waals surface area (Å²) in [6.07, 6.45) is 3.71. The lowest BCUT2D eigenvalue weighted by atomic mass is 10.0. The van der Waals surface area contributed by atoms with Crippen LogP contribution >= 0.6 is 16.1 Å². The van der Waals surface area contributed by atoms with Gasteiger partial charge in [0.1, 0.15) is 5.82 Å². The van der Waals surface area contributed by atoms with Crippen LogP contribution in [-0.4, -0.2) is 64.8 Å². The van der Waals surface area contributed by atoms with E-state index < -0.39 is 0 Å². The molecule has 32 heavy (non-hydrogen) atoms. The van der Waals surface area contributed by atoms with Crippen LogP contribution in [0.25, 0.3) is 10.9 Å². The van der Waals surface area contributed by atoms with Gasteiger partial charge in [0.2, 0.25) is 0 Å². The lowest BCUT2D eigenvalue weighted by Gasteiger charge is -2.39. The molecule has 8 heteroatoms. The third kappa shape index (κ3) is 5.46. The molecule has 178 valence electrons. The number of ether oxygens (including phenoxy) is 2. The highest BCUT2D eigenvalue weighted by molar-refractivity contribution is 9.07. The van der Waals surface area contributed by atoms with Crippen molar-refractivity contribution in [3.8, 4) is 5.75 Å². The van der Waals surface area contributed by atoms with Gasteiger partial charge in [0, 0.05) is 67.0 Å². The van der Waals surface area contributed by atoms with Crippen LogP contribution < -0.4 is 4.74 Å². The summed E-state index contributed by atoms with van der Waals surface area (Å²) >= 11 is 3.60. The number of methoxy groups -OCH3 is 1. The van der Waals surface area contributed by atoms with Gasteiger partial charge in [0.15, 0.2) is 11.4 Å². The fourth-order valence-corrected chi connectivity index (χ4v) is 5.21. The largest absolute Gasteiger partial charge is 0.491 e. The lowest BCUT2D eigenvalue weighted by molar-refractivity contribution is 0.0523. The predicted molar refractivity (Wildman–Crippen MR) is 129 cm³/mol. The van der Waals surface area contributed by atoms with Crippen molar-refractivity contribution in [2.24, 2.45) is 0 Å². The first-order valence-electron chi connectivity index (χ1n) is 11.6. The summed E-state index contributed by atoms with van der Waals surface area (Å²) < 4.78 is 29.5. The normalized spacial score (nSPS) is 17.3. The van der Waals surface area contributed by atoms with Crippen LogP contribution in [0.4, 0.5) is 4.39 Å². The molecule has 2 heterocycles. The van der Waals surface area contributed by atoms with Crippen molar-refractivity contribution in [1.82, 2.24) is 13.4 Å². The van der Waals surface area contributed by atoms with Crippen molar-refractivity contribution in [2.75, 3.05) is 33.4 Å². The maximum absolute atomic E-state index is 14.2. The molecule has 3 rings (SSSR count). The molecule has 0 bridgehead atoms. The third-order valence-corrected chi connectivity index (χ3v) is 6.63. The van der Waals surface area contributed by atoms with Gasteiger partial charge >= 0.3 is 0 Å². The van der Waals surface area contributed by atoms with Crippen molar-refractivity contribution in [3.63, 3.8) is 0 Å². The molecule has 1 atom stereocenters. The zero-order valence-corrected chi connectivity index (χ0v) is 21.2. The molecule has 0 radical (unpaired) electrons. The minimum absolute atomic E-state index is 0.0256. The molecule has 2 aromatic rings. The molecule has 1 aromatic heterocycles. The van der Waals surface area contributed by atoms with Gasteiger partial charge in [-0.15, -0.1) is 0 Å². The van der Waals surface area contributed by atoms with Gasteiger partial charge in [-0.05, 0) is 64.7 Å². The molecule has 1 aliphatic rings. The Bertz CT molecular complexity index is 918. The summed E-state index contributed by atoms with van der Waals surface area (Å²) in [6, 6.07) is 4.80. The number of carbonyl (C=O) groups is 1. The summed E-state index contributed by atoms with van der Waals surface area (Å²) in [7, 11) is 1.69. The maximum Gasteiger partial charge on any atom is 0.274 e. The van der Waals surface area contributed by atoms with E-state index in [-0.39, 0.29) is 23.8 Å². The molecule has 0 spiro atoms. The van der Waals surface area contributed by atoms with Crippen LogP contribution in [0.2, 0.25) is 0 Å². The SMILES string of the molecule is CCOc1c(C(=O)N(C(C)C)[C@@H]2CCCN(Br)C2)n(CCCCOC)c2ccc(F)cc12. The summed E-state index contributed by atoms with van der Waals surface area (Å²) in [5.74, 6) is 0.0902. The number of nitrogens with zero attached hydrogens (tertiary/aromatic N) is 3. The highest BCUT2D eigenvalue weighted by Crippen LogP contribution is 2.36. The van der Waals surface area contributed by atoms with Crippen molar-refractivity contribution in [2.45, 2.75) is 65.1 Å². The number of halogens is 2. The number of benzene rings is 1. The highest BCUT2D eigenvalue weighted by atomic mass is 79.9. The van der Waals surface area contributed by atoms with Gasteiger partial charge in [-0.1, -0.05) is 0 Å². The van der Waals surface area contributed by atoms with E-state index in [4.69, 9.17) is 9.47 Å². The Balaban J connectivity index is 2.10. The van der Waals surface area contributed by atoms with Crippen LogP contribution in [-0.2, 0) is 11.3 Å². The number of carbonyl (C=O) groups excluding carboxylic acids is 1. The lowest BCUT2D eigenvalue weighted by Crippen LogP contribution is -2.51. The van der Waals surface area contributed by atoms with Crippen molar-refractivity contribution in [1.29, 1.82) is 0 Å². The number of unbranched alkanes of at least 4 members (excludes halogenated alkanes) is 1. The number of amides is 1. The van der Waals surface area contributed by atoms with E-state index >= 15 is 0 Å². The molecule has 0 N–H and O–H groups in total. The zero-order chi connectivity index (χ0) is 23.3. The Morgan fingerprint density at radius 1 is 1.34 bits per heavy atom. The zero-order valence-electron chi connectivity index (χ0n) is 19.6. The Hall–Kier alpha value is -1.64. The average molecular weight is 512 g/mol. The number of aryl methyl sites for hydroxylation is 1. The van der Waals surface area contributed by atoms with Crippen molar-refractivity contribution < 1.29 is 18.7 Å². The number of fused-ring (bicyclic) bond motifs is 1. The molecule has 1 amide bonds. The summed E-state index contributed by atoms with van der Waals surface area (Å²) in [6.45, 7) is 9.44. The average Bonchev–Trinajstić information content (AvgIpc) is 3.04. The monoisotopic (exact) mass is 511 g/mol. The molecule has 0 unspecified atom stereocenters. The second-order valence-corrected chi connectivity index (χ2v) is 9.60. The Morgan fingerprint density at radius 3 is 2.78 bits per heavy atom. The third-order valence-electron chi connectivity index (χ3n) is 5.98. The molecule has 1 aliphatic heterocycles. The number of hydrogen-bond donors (Lipinski definition) is 0. The summed E-state index contributed by atoms with van der Waals surface area (Å²) in [5.41, 5.74) is 1.34. The molecule has 6 nitrogen and oxygen atoms in total. The van der Waals surface area contributed by atoms with E-state index in [0.29, 0.717) is 36.6 Å². The topological polar surface area (TPSA) is 46.9 Å². The van der Waals surface area contributed by atoms with Crippen LogP contribution in [0.3, 0.4) is 0 Å². The fourth-order valence-electron chi connectivity index (χ4n) is 4.63. The first kappa shape index (κ1) is 25.0. The molecular formula is C24H35BrFN3O3. The van der Waals surface area contributed by atoms with Crippen LogP contribution in [0.1, 0.15) is 56.9 Å². The van der Waals surface area contributed by atoms with Crippen molar-refractivity contribution in [3.05, 3.63) is 29.7 Å². The van der Waals surface area contributed by atoms with E-state index in [1.807, 2.05) is 16.4 Å². The molecule has 1 fully saturated rings. The van der Waals surface area contributed by atoms with Gasteiger partial charge in [0.05, 0.1) is 12.1 Å². The fraction of sp³-hybridized carbons (Fsp3) is 0.625. The van der Waals surface area contributed by atoms with E-state index in [9.17, 15) is 9.18 Å². The second-order valence-electron chi connectivity index (χ2n) is 8.59.